The van der Waals surface area contributed by atoms with Crippen molar-refractivity contribution in [1.82, 2.24) is 0 Å². The lowest BCUT2D eigenvalue weighted by Crippen LogP contribution is -2.31. The Bertz CT molecular complexity index is 956. The summed E-state index contributed by atoms with van der Waals surface area (Å²) in [5.41, 5.74) is 0.805. The van der Waals surface area contributed by atoms with Crippen LogP contribution in [0, 0.1) is 12.8 Å². The SMILES string of the molecule is Cc1oc(=O)oc1COC(=O)SC[C@H](CC(=O)C(C)(C)S)C(=O)OCc1ccccc1. The lowest BCUT2D eigenvalue weighted by Gasteiger charge is -2.20. The van der Waals surface area contributed by atoms with Crippen LogP contribution in [0.1, 0.15) is 37.4 Å². The zero-order chi connectivity index (χ0) is 23.0. The summed E-state index contributed by atoms with van der Waals surface area (Å²) in [5.74, 6) is -2.28. The first-order chi connectivity index (χ1) is 14.6. The molecule has 2 aromatic rings. The van der Waals surface area contributed by atoms with Crippen molar-refractivity contribution >= 4 is 41.4 Å². The van der Waals surface area contributed by atoms with Gasteiger partial charge < -0.3 is 18.3 Å². The monoisotopic (exact) mass is 468 g/mol. The van der Waals surface area contributed by atoms with Gasteiger partial charge in [0.1, 0.15) is 12.4 Å². The maximum atomic E-state index is 12.6. The maximum Gasteiger partial charge on any atom is 0.519 e. The summed E-state index contributed by atoms with van der Waals surface area (Å²) in [4.78, 5) is 48.1. The molecule has 10 heteroatoms. The smallest absolute Gasteiger partial charge is 0.461 e. The van der Waals surface area contributed by atoms with Gasteiger partial charge in [-0.2, -0.15) is 12.6 Å². The first-order valence-electron chi connectivity index (χ1n) is 9.41. The molecule has 0 amide bonds. The van der Waals surface area contributed by atoms with E-state index < -0.39 is 27.8 Å². The van der Waals surface area contributed by atoms with E-state index in [0.29, 0.717) is 0 Å². The summed E-state index contributed by atoms with van der Waals surface area (Å²) >= 11 is 4.98. The van der Waals surface area contributed by atoms with Crippen molar-refractivity contribution in [2.75, 3.05) is 5.75 Å². The molecule has 0 radical (unpaired) electrons. The normalized spacial score (nSPS) is 12.3. The topological polar surface area (TPSA) is 113 Å². The number of hydrogen-bond acceptors (Lipinski definition) is 10. The summed E-state index contributed by atoms with van der Waals surface area (Å²) in [6, 6.07) is 9.12. The number of Topliss-reactive ketones (excluding diaryl/α,β-unsaturated/α-hetero) is 1. The number of carbonyl (C=O) groups excluding carboxylic acids is 3. The lowest BCUT2D eigenvalue weighted by molar-refractivity contribution is -0.150. The fourth-order valence-electron chi connectivity index (χ4n) is 2.37. The molecule has 0 N–H and O–H groups in total. The molecule has 8 nitrogen and oxygen atoms in total. The second kappa shape index (κ2) is 11.2. The van der Waals surface area contributed by atoms with Gasteiger partial charge in [0, 0.05) is 12.2 Å². The van der Waals surface area contributed by atoms with Crippen LogP contribution in [0.25, 0.3) is 0 Å². The molecule has 0 saturated carbocycles. The van der Waals surface area contributed by atoms with E-state index in [4.69, 9.17) is 13.9 Å². The number of hydrogen-bond donors (Lipinski definition) is 1. The number of ketones is 1. The quantitative estimate of drug-likeness (QED) is 0.409. The molecule has 1 heterocycles. The molecule has 1 atom stereocenters. The van der Waals surface area contributed by atoms with Gasteiger partial charge >= 0.3 is 17.1 Å². The summed E-state index contributed by atoms with van der Waals surface area (Å²) in [6.45, 7) is 4.54. The standard InChI is InChI=1S/C21H24O8S2/c1-13-16(29-19(24)28-13)11-27-20(25)31-12-15(9-17(22)21(2,3)30)18(23)26-10-14-7-5-4-6-8-14/h4-8,15,30H,9-12H2,1-3H3/t15-/m0/s1. The molecule has 0 spiro atoms. The Morgan fingerprint density at radius 1 is 1.10 bits per heavy atom. The van der Waals surface area contributed by atoms with Crippen molar-refractivity contribution in [2.24, 2.45) is 5.92 Å². The van der Waals surface area contributed by atoms with Crippen molar-refractivity contribution in [1.29, 1.82) is 0 Å². The van der Waals surface area contributed by atoms with Crippen LogP contribution < -0.4 is 5.82 Å². The largest absolute Gasteiger partial charge is 0.519 e. The van der Waals surface area contributed by atoms with Crippen LogP contribution in [0.5, 0.6) is 0 Å². The molecule has 1 aromatic carbocycles. The van der Waals surface area contributed by atoms with Crippen molar-refractivity contribution in [3.8, 4) is 0 Å². The van der Waals surface area contributed by atoms with Crippen LogP contribution in [0.4, 0.5) is 4.79 Å². The third kappa shape index (κ3) is 8.29. The Morgan fingerprint density at radius 3 is 2.35 bits per heavy atom. The molecule has 0 fully saturated rings. The first-order valence-corrected chi connectivity index (χ1v) is 10.8. The van der Waals surface area contributed by atoms with Crippen LogP contribution >= 0.6 is 24.4 Å². The summed E-state index contributed by atoms with van der Waals surface area (Å²) in [6.07, 6.45) is -0.125. The Balaban J connectivity index is 1.94. The number of thiol groups is 1. The van der Waals surface area contributed by atoms with Crippen LogP contribution in [0.15, 0.2) is 44.0 Å². The van der Waals surface area contributed by atoms with E-state index in [-0.39, 0.29) is 42.7 Å². The number of esters is 1. The number of thioether (sulfide) groups is 1. The van der Waals surface area contributed by atoms with Gasteiger partial charge in [-0.05, 0) is 38.1 Å². The van der Waals surface area contributed by atoms with Crippen LogP contribution in [0.3, 0.4) is 0 Å². The summed E-state index contributed by atoms with van der Waals surface area (Å²) < 4.78 is 18.9. The summed E-state index contributed by atoms with van der Waals surface area (Å²) in [5, 5.41) is -0.693. The number of ether oxygens (including phenoxy) is 2. The van der Waals surface area contributed by atoms with Gasteiger partial charge in [0.2, 0.25) is 0 Å². The molecule has 2 rings (SSSR count). The molecule has 0 aliphatic rings. The van der Waals surface area contributed by atoms with Gasteiger partial charge in [-0.25, -0.2) is 9.59 Å². The van der Waals surface area contributed by atoms with Gasteiger partial charge in [-0.15, -0.1) is 0 Å². The average Bonchev–Trinajstić information content (AvgIpc) is 3.04. The zero-order valence-electron chi connectivity index (χ0n) is 17.4. The minimum absolute atomic E-state index is 0.0175. The average molecular weight is 469 g/mol. The van der Waals surface area contributed by atoms with Crippen LogP contribution in [0.2, 0.25) is 0 Å². The van der Waals surface area contributed by atoms with Crippen molar-refractivity contribution in [3.05, 3.63) is 58.0 Å². The number of benzene rings is 1. The molecule has 31 heavy (non-hydrogen) atoms. The van der Waals surface area contributed by atoms with Crippen molar-refractivity contribution in [2.45, 2.75) is 45.2 Å². The van der Waals surface area contributed by atoms with Crippen molar-refractivity contribution in [3.63, 3.8) is 0 Å². The van der Waals surface area contributed by atoms with Crippen molar-refractivity contribution < 1.29 is 32.7 Å². The Hall–Kier alpha value is -2.46. The molecule has 0 unspecified atom stereocenters. The highest BCUT2D eigenvalue weighted by molar-refractivity contribution is 8.13. The highest BCUT2D eigenvalue weighted by Gasteiger charge is 2.31. The number of aryl methyl sites for hydroxylation is 1. The fourth-order valence-corrected chi connectivity index (χ4v) is 3.20. The van der Waals surface area contributed by atoms with E-state index in [1.165, 1.54) is 6.92 Å². The van der Waals surface area contributed by atoms with E-state index in [1.54, 1.807) is 13.8 Å². The first kappa shape index (κ1) is 24.8. The third-order valence-corrected chi connectivity index (χ3v) is 5.40. The van der Waals surface area contributed by atoms with E-state index in [2.05, 4.69) is 17.0 Å². The lowest BCUT2D eigenvalue weighted by atomic mass is 9.97. The van der Waals surface area contributed by atoms with Gasteiger partial charge in [0.15, 0.2) is 18.1 Å². The van der Waals surface area contributed by atoms with Crippen LogP contribution in [-0.4, -0.2) is 27.6 Å². The van der Waals surface area contributed by atoms with E-state index >= 15 is 0 Å². The predicted octanol–water partition coefficient (Wildman–Crippen LogP) is 3.94. The molecule has 0 aliphatic heterocycles. The van der Waals surface area contributed by atoms with E-state index in [1.807, 2.05) is 30.3 Å². The Morgan fingerprint density at radius 2 is 1.77 bits per heavy atom. The minimum atomic E-state index is -0.931. The second-order valence-corrected chi connectivity index (χ2v) is 9.33. The third-order valence-electron chi connectivity index (χ3n) is 4.23. The second-order valence-electron chi connectivity index (χ2n) is 7.26. The number of carbonyl (C=O) groups is 3. The highest BCUT2D eigenvalue weighted by atomic mass is 32.2. The maximum absolute atomic E-state index is 12.6. The predicted molar refractivity (Wildman–Crippen MR) is 117 cm³/mol. The fraction of sp³-hybridized carbons (Fsp3) is 0.429. The molecule has 0 bridgehead atoms. The highest BCUT2D eigenvalue weighted by Crippen LogP contribution is 2.23. The molecule has 168 valence electrons. The van der Waals surface area contributed by atoms with E-state index in [9.17, 15) is 19.2 Å². The molecular weight excluding hydrogens is 444 g/mol. The van der Waals surface area contributed by atoms with Crippen LogP contribution in [-0.2, 0) is 32.3 Å². The molecule has 1 aromatic heterocycles. The minimum Gasteiger partial charge on any atom is -0.461 e. The zero-order valence-corrected chi connectivity index (χ0v) is 19.1. The summed E-state index contributed by atoms with van der Waals surface area (Å²) in [7, 11) is 0. The Kier molecular flexibility index (Phi) is 9.00. The van der Waals surface area contributed by atoms with Gasteiger partial charge in [-0.1, -0.05) is 30.3 Å². The van der Waals surface area contributed by atoms with Gasteiger partial charge in [-0.3, -0.25) is 9.59 Å². The Labute approximate surface area is 189 Å². The number of rotatable bonds is 10. The van der Waals surface area contributed by atoms with Gasteiger partial charge in [0.25, 0.3) is 0 Å². The van der Waals surface area contributed by atoms with E-state index in [0.717, 1.165) is 17.3 Å². The molecule has 0 saturated heterocycles. The molecular formula is C21H24O8S2. The molecule has 0 aliphatic carbocycles. The van der Waals surface area contributed by atoms with Gasteiger partial charge in [0.05, 0.1) is 10.7 Å².